The van der Waals surface area contributed by atoms with Gasteiger partial charge in [-0.15, -0.1) is 0 Å². The van der Waals surface area contributed by atoms with Gasteiger partial charge in [-0.25, -0.2) is 19.6 Å². The number of nitriles is 1. The molecule has 3 aromatic heterocycles. The number of nitrogens with two attached hydrogens (primary N) is 1. The number of carbonyl (C=O) groups is 1. The average molecular weight is 478 g/mol. The van der Waals surface area contributed by atoms with Crippen LogP contribution in [-0.4, -0.2) is 42.7 Å². The third-order valence-corrected chi connectivity index (χ3v) is 6.06. The monoisotopic (exact) mass is 478 g/mol. The fraction of sp³-hybridized carbons (Fsp3) is 0.400. The number of halogens is 5. The molecule has 1 aliphatic heterocycles. The molecule has 0 radical (unpaired) electrons. The van der Waals surface area contributed by atoms with Gasteiger partial charge in [-0.2, -0.15) is 32.3 Å². The minimum Gasteiger partial charge on any atom is -0.383 e. The van der Waals surface area contributed by atoms with Crippen LogP contribution in [0.4, 0.5) is 33.6 Å². The molecule has 3 aromatic rings. The Hall–Kier alpha value is -3.89. The molecule has 176 valence electrons. The number of amides is 1. The Balaban J connectivity index is 1.58. The first-order valence-corrected chi connectivity index (χ1v) is 10.2. The van der Waals surface area contributed by atoms with Crippen molar-refractivity contribution in [3.63, 3.8) is 0 Å². The molecule has 1 aliphatic carbocycles. The van der Waals surface area contributed by atoms with Gasteiger partial charge in [-0.3, -0.25) is 4.79 Å². The van der Waals surface area contributed by atoms with Crippen molar-refractivity contribution in [1.82, 2.24) is 24.7 Å². The molecule has 1 unspecified atom stereocenters. The molecule has 3 N–H and O–H groups in total. The third-order valence-electron chi connectivity index (χ3n) is 6.06. The van der Waals surface area contributed by atoms with Gasteiger partial charge in [0.1, 0.15) is 17.3 Å². The van der Waals surface area contributed by atoms with E-state index < -0.39 is 36.4 Å². The van der Waals surface area contributed by atoms with Gasteiger partial charge in [-0.05, 0) is 30.9 Å². The number of nitrogens with zero attached hydrogens (tertiary/aromatic N) is 6. The summed E-state index contributed by atoms with van der Waals surface area (Å²) in [6.07, 6.45) is -4.56. The maximum atomic E-state index is 13.5. The molecular formula is C20H15F5N8O. The van der Waals surface area contributed by atoms with Crippen LogP contribution >= 0.6 is 0 Å². The number of aryl methyl sites for hydroxylation is 1. The van der Waals surface area contributed by atoms with Crippen LogP contribution < -0.4 is 11.1 Å². The second-order valence-corrected chi connectivity index (χ2v) is 8.20. The van der Waals surface area contributed by atoms with E-state index in [-0.39, 0.29) is 45.7 Å². The predicted octanol–water partition coefficient (Wildman–Crippen LogP) is 3.18. The summed E-state index contributed by atoms with van der Waals surface area (Å²) in [6.45, 7) is -0.781. The lowest BCUT2D eigenvalue weighted by molar-refractivity contribution is -0.285. The van der Waals surface area contributed by atoms with E-state index in [9.17, 15) is 32.0 Å². The summed E-state index contributed by atoms with van der Waals surface area (Å²) in [7, 11) is 0. The highest BCUT2D eigenvalue weighted by molar-refractivity contribution is 6.09. The number of pyridine rings is 1. The van der Waals surface area contributed by atoms with Crippen molar-refractivity contribution >= 4 is 28.6 Å². The molecule has 1 saturated carbocycles. The summed E-state index contributed by atoms with van der Waals surface area (Å²) in [5, 5.41) is 16.8. The molecule has 0 spiro atoms. The molecule has 0 aromatic carbocycles. The second-order valence-electron chi connectivity index (χ2n) is 8.20. The molecular weight excluding hydrogens is 463 g/mol. The quantitative estimate of drug-likeness (QED) is 0.538. The number of anilines is 2. The van der Waals surface area contributed by atoms with Crippen molar-refractivity contribution < 1.29 is 26.7 Å². The number of fused-ring (bicyclic) bond motifs is 2. The maximum absolute atomic E-state index is 13.5. The maximum Gasteiger partial charge on any atom is 0.453 e. The van der Waals surface area contributed by atoms with Gasteiger partial charge in [0.05, 0.1) is 17.0 Å². The van der Waals surface area contributed by atoms with Gasteiger partial charge in [0, 0.05) is 19.2 Å². The van der Waals surface area contributed by atoms with Crippen molar-refractivity contribution in [2.45, 2.75) is 43.3 Å². The molecule has 2 aliphatic rings. The summed E-state index contributed by atoms with van der Waals surface area (Å²) in [4.78, 5) is 25.2. The van der Waals surface area contributed by atoms with Crippen molar-refractivity contribution in [3.05, 3.63) is 23.9 Å². The largest absolute Gasteiger partial charge is 0.453 e. The van der Waals surface area contributed by atoms with Gasteiger partial charge in [0.15, 0.2) is 16.9 Å². The standard InChI is InChI=1S/C20H15F5N8O/c21-19(22,20(23,24)25)5-7-33-16-10(2-1-6-28-16)12(32-33)15-29-13(27)11-14(30-15)31-17(34)18(11,8-26)9-3-4-9/h1-2,6,9H,3-5,7H2,(H3,27,29,30,31,34). The Bertz CT molecular complexity index is 1370. The van der Waals surface area contributed by atoms with Gasteiger partial charge in [0.2, 0.25) is 0 Å². The van der Waals surface area contributed by atoms with Crippen LogP contribution in [0.3, 0.4) is 0 Å². The molecule has 1 atom stereocenters. The Labute approximate surface area is 187 Å². The van der Waals surface area contributed by atoms with E-state index in [4.69, 9.17) is 5.73 Å². The zero-order valence-electron chi connectivity index (χ0n) is 17.2. The highest BCUT2D eigenvalue weighted by Crippen LogP contribution is 2.54. The number of rotatable bonds is 5. The van der Waals surface area contributed by atoms with Crippen molar-refractivity contribution in [1.29, 1.82) is 5.26 Å². The van der Waals surface area contributed by atoms with Gasteiger partial charge < -0.3 is 11.1 Å². The minimum atomic E-state index is -5.70. The molecule has 5 rings (SSSR count). The SMILES string of the molecule is N#CC1(C2CC2)C(=O)Nc2nc(-c3nn(CCC(F)(F)C(F)(F)F)c4ncccc34)nc(N)c21. The Morgan fingerprint density at radius 1 is 1.26 bits per heavy atom. The summed E-state index contributed by atoms with van der Waals surface area (Å²) in [5.41, 5.74) is 4.90. The topological polar surface area (TPSA) is 135 Å². The van der Waals surface area contributed by atoms with E-state index >= 15 is 0 Å². The predicted molar refractivity (Wildman–Crippen MR) is 107 cm³/mol. The number of aromatic nitrogens is 5. The van der Waals surface area contributed by atoms with Crippen molar-refractivity contribution in [2.24, 2.45) is 5.92 Å². The highest BCUT2D eigenvalue weighted by Gasteiger charge is 2.59. The van der Waals surface area contributed by atoms with Crippen LogP contribution in [0.15, 0.2) is 18.3 Å². The molecule has 14 heteroatoms. The first-order valence-electron chi connectivity index (χ1n) is 10.2. The summed E-state index contributed by atoms with van der Waals surface area (Å²) in [5.74, 6) is -5.87. The fourth-order valence-electron chi connectivity index (χ4n) is 4.21. The molecule has 0 saturated heterocycles. The van der Waals surface area contributed by atoms with E-state index in [0.29, 0.717) is 12.8 Å². The lowest BCUT2D eigenvalue weighted by Gasteiger charge is -2.19. The molecule has 34 heavy (non-hydrogen) atoms. The second kappa shape index (κ2) is 7.05. The summed E-state index contributed by atoms with van der Waals surface area (Å²) >= 11 is 0. The van der Waals surface area contributed by atoms with E-state index in [2.05, 4.69) is 31.4 Å². The molecule has 4 heterocycles. The summed E-state index contributed by atoms with van der Waals surface area (Å²) in [6, 6.07) is 5.11. The lowest BCUT2D eigenvalue weighted by atomic mass is 9.79. The zero-order valence-corrected chi connectivity index (χ0v) is 17.2. The number of alkyl halides is 5. The smallest absolute Gasteiger partial charge is 0.383 e. The average Bonchev–Trinajstić information content (AvgIpc) is 3.48. The number of nitrogen functional groups attached to an aromatic ring is 1. The van der Waals surface area contributed by atoms with Gasteiger partial charge in [-0.1, -0.05) is 0 Å². The Morgan fingerprint density at radius 3 is 2.65 bits per heavy atom. The van der Waals surface area contributed by atoms with E-state index in [0.717, 1.165) is 4.68 Å². The summed E-state index contributed by atoms with van der Waals surface area (Å²) < 4.78 is 65.6. The van der Waals surface area contributed by atoms with E-state index in [1.807, 2.05) is 0 Å². The van der Waals surface area contributed by atoms with Crippen molar-refractivity contribution in [3.8, 4) is 17.6 Å². The van der Waals surface area contributed by atoms with Crippen molar-refractivity contribution in [2.75, 3.05) is 11.1 Å². The van der Waals surface area contributed by atoms with Crippen LogP contribution in [0.5, 0.6) is 0 Å². The molecule has 0 bridgehead atoms. The van der Waals surface area contributed by atoms with E-state index in [1.165, 1.54) is 18.3 Å². The Morgan fingerprint density at radius 2 is 2.00 bits per heavy atom. The Kier molecular flexibility index (Phi) is 4.55. The first-order chi connectivity index (χ1) is 16.0. The molecule has 1 fully saturated rings. The van der Waals surface area contributed by atoms with Crippen LogP contribution in [0, 0.1) is 17.2 Å². The number of hydrogen-bond acceptors (Lipinski definition) is 7. The van der Waals surface area contributed by atoms with Crippen LogP contribution in [-0.2, 0) is 16.8 Å². The number of carbonyl (C=O) groups excluding carboxylic acids is 1. The third kappa shape index (κ3) is 3.06. The zero-order chi connectivity index (χ0) is 24.5. The fourth-order valence-corrected chi connectivity index (χ4v) is 4.21. The molecule has 1 amide bonds. The lowest BCUT2D eigenvalue weighted by Crippen LogP contribution is -2.37. The van der Waals surface area contributed by atoms with E-state index in [1.54, 1.807) is 0 Å². The number of nitrogens with one attached hydrogen (secondary N) is 1. The van der Waals surface area contributed by atoms with Crippen LogP contribution in [0.25, 0.3) is 22.6 Å². The number of hydrogen-bond donors (Lipinski definition) is 2. The minimum absolute atomic E-state index is 0.0306. The first kappa shape index (κ1) is 21.9. The highest BCUT2D eigenvalue weighted by atomic mass is 19.4. The van der Waals surface area contributed by atoms with Crippen LogP contribution in [0.2, 0.25) is 0 Å². The van der Waals surface area contributed by atoms with Gasteiger partial charge >= 0.3 is 12.1 Å². The van der Waals surface area contributed by atoms with Crippen LogP contribution in [0.1, 0.15) is 24.8 Å². The van der Waals surface area contributed by atoms with Gasteiger partial charge in [0.25, 0.3) is 5.91 Å². The molecule has 9 nitrogen and oxygen atoms in total. The normalized spacial score (nSPS) is 20.3.